The molecule has 1 aromatic carbocycles. The van der Waals surface area contributed by atoms with Crippen molar-refractivity contribution in [3.05, 3.63) is 26.7 Å². The maximum Gasteiger partial charge on any atom is 0.139 e. The van der Waals surface area contributed by atoms with Crippen molar-refractivity contribution in [1.29, 1.82) is 5.26 Å². The second-order valence-corrected chi connectivity index (χ2v) is 6.31. The first-order chi connectivity index (χ1) is 8.35. The van der Waals surface area contributed by atoms with Gasteiger partial charge in [0.2, 0.25) is 0 Å². The van der Waals surface area contributed by atoms with E-state index in [4.69, 9.17) is 33.2 Å². The highest BCUT2D eigenvalue weighted by molar-refractivity contribution is 9.10. The smallest absolute Gasteiger partial charge is 0.139 e. The van der Waals surface area contributed by atoms with Crippen LogP contribution in [0.4, 0.5) is 0 Å². The van der Waals surface area contributed by atoms with Crippen LogP contribution >= 0.6 is 39.1 Å². The number of halogens is 3. The van der Waals surface area contributed by atoms with Crippen molar-refractivity contribution in [2.45, 2.75) is 26.7 Å². The zero-order chi connectivity index (χ0) is 13.8. The summed E-state index contributed by atoms with van der Waals surface area (Å²) in [6, 6.07) is 5.65. The van der Waals surface area contributed by atoms with Crippen LogP contribution in [0.2, 0.25) is 10.0 Å². The molecule has 18 heavy (non-hydrogen) atoms. The highest BCUT2D eigenvalue weighted by atomic mass is 79.9. The molecule has 0 unspecified atom stereocenters. The van der Waals surface area contributed by atoms with Gasteiger partial charge in [-0.1, -0.05) is 23.2 Å². The van der Waals surface area contributed by atoms with Gasteiger partial charge in [-0.15, -0.1) is 0 Å². The summed E-state index contributed by atoms with van der Waals surface area (Å²) in [5.74, 6) is 0.569. The minimum atomic E-state index is -0.315. The Morgan fingerprint density at radius 2 is 2.00 bits per heavy atom. The summed E-state index contributed by atoms with van der Waals surface area (Å²) in [5.41, 5.74) is -0.315. The van der Waals surface area contributed by atoms with E-state index < -0.39 is 0 Å². The van der Waals surface area contributed by atoms with Crippen molar-refractivity contribution in [3.63, 3.8) is 0 Å². The third-order valence-corrected chi connectivity index (χ3v) is 3.97. The first-order valence-electron chi connectivity index (χ1n) is 5.54. The van der Waals surface area contributed by atoms with Gasteiger partial charge in [0, 0.05) is 10.5 Å². The standard InChI is InChI=1S/C13H14BrCl2NO/c1-13(2,8-17)4-3-5-18-12-7-10(15)9(14)6-11(12)16/h6-7H,3-5H2,1-2H3. The van der Waals surface area contributed by atoms with Gasteiger partial charge in [0.15, 0.2) is 0 Å². The van der Waals surface area contributed by atoms with E-state index in [9.17, 15) is 0 Å². The molecule has 0 bridgehead atoms. The summed E-state index contributed by atoms with van der Waals surface area (Å²) >= 11 is 15.3. The molecule has 0 radical (unpaired) electrons. The number of ether oxygens (including phenoxy) is 1. The Morgan fingerprint density at radius 3 is 2.61 bits per heavy atom. The van der Waals surface area contributed by atoms with Crippen molar-refractivity contribution < 1.29 is 4.74 Å². The molecule has 0 heterocycles. The molecule has 0 saturated carbocycles. The summed E-state index contributed by atoms with van der Waals surface area (Å²) in [6.07, 6.45) is 1.58. The van der Waals surface area contributed by atoms with Crippen LogP contribution in [-0.2, 0) is 0 Å². The second-order valence-electron chi connectivity index (χ2n) is 4.64. The van der Waals surface area contributed by atoms with E-state index in [1.54, 1.807) is 12.1 Å². The van der Waals surface area contributed by atoms with Crippen LogP contribution in [-0.4, -0.2) is 6.61 Å². The molecule has 0 aliphatic heterocycles. The second kappa shape index (κ2) is 6.65. The van der Waals surface area contributed by atoms with Crippen LogP contribution in [0.15, 0.2) is 16.6 Å². The van der Waals surface area contributed by atoms with Crippen molar-refractivity contribution in [3.8, 4) is 11.8 Å². The zero-order valence-electron chi connectivity index (χ0n) is 10.3. The van der Waals surface area contributed by atoms with Crippen molar-refractivity contribution in [2.75, 3.05) is 6.61 Å². The maximum absolute atomic E-state index is 8.89. The Labute approximate surface area is 126 Å². The molecule has 98 valence electrons. The van der Waals surface area contributed by atoms with Crippen LogP contribution in [0.3, 0.4) is 0 Å². The van der Waals surface area contributed by atoms with Crippen molar-refractivity contribution >= 4 is 39.1 Å². The Bertz CT molecular complexity index is 469. The third-order valence-electron chi connectivity index (χ3n) is 2.48. The van der Waals surface area contributed by atoms with Crippen molar-refractivity contribution in [2.24, 2.45) is 5.41 Å². The number of hydrogen-bond acceptors (Lipinski definition) is 2. The Balaban J connectivity index is 2.50. The topological polar surface area (TPSA) is 33.0 Å². The molecule has 0 N–H and O–H groups in total. The number of rotatable bonds is 5. The molecule has 0 atom stereocenters. The third kappa shape index (κ3) is 4.68. The largest absolute Gasteiger partial charge is 0.492 e. The molecule has 0 aliphatic carbocycles. The summed E-state index contributed by atoms with van der Waals surface area (Å²) < 4.78 is 6.31. The van der Waals surface area contributed by atoms with Gasteiger partial charge in [-0.25, -0.2) is 0 Å². The number of nitriles is 1. The summed E-state index contributed by atoms with van der Waals surface area (Å²) in [6.45, 7) is 4.34. The average Bonchev–Trinajstić information content (AvgIpc) is 2.31. The Hall–Kier alpha value is -0.430. The van der Waals surface area contributed by atoms with Crippen LogP contribution in [0.1, 0.15) is 26.7 Å². The van der Waals surface area contributed by atoms with E-state index in [2.05, 4.69) is 22.0 Å². The number of hydrogen-bond donors (Lipinski definition) is 0. The van der Waals surface area contributed by atoms with E-state index in [1.165, 1.54) is 0 Å². The lowest BCUT2D eigenvalue weighted by Crippen LogP contribution is -2.10. The normalized spacial score (nSPS) is 11.1. The van der Waals surface area contributed by atoms with Gasteiger partial charge < -0.3 is 4.74 Å². The monoisotopic (exact) mass is 349 g/mol. The Kier molecular flexibility index (Phi) is 5.78. The van der Waals surface area contributed by atoms with Gasteiger partial charge in [-0.05, 0) is 48.7 Å². The lowest BCUT2D eigenvalue weighted by molar-refractivity contribution is 0.284. The molecular weight excluding hydrogens is 337 g/mol. The molecule has 0 saturated heterocycles. The molecule has 0 amide bonds. The highest BCUT2D eigenvalue weighted by Gasteiger charge is 2.16. The fourth-order valence-corrected chi connectivity index (χ4v) is 2.21. The summed E-state index contributed by atoms with van der Waals surface area (Å²) in [5, 5.41) is 9.97. The fraction of sp³-hybridized carbons (Fsp3) is 0.462. The van der Waals surface area contributed by atoms with Crippen LogP contribution in [0, 0.1) is 16.7 Å². The predicted molar refractivity (Wildman–Crippen MR) is 78.3 cm³/mol. The van der Waals surface area contributed by atoms with E-state index in [1.807, 2.05) is 13.8 Å². The molecule has 0 spiro atoms. The quantitative estimate of drug-likeness (QED) is 0.521. The van der Waals surface area contributed by atoms with Crippen LogP contribution < -0.4 is 4.74 Å². The lowest BCUT2D eigenvalue weighted by atomic mass is 9.90. The van der Waals surface area contributed by atoms with E-state index >= 15 is 0 Å². The van der Waals surface area contributed by atoms with Crippen molar-refractivity contribution in [1.82, 2.24) is 0 Å². The first-order valence-corrected chi connectivity index (χ1v) is 7.09. The molecule has 2 nitrogen and oxygen atoms in total. The zero-order valence-corrected chi connectivity index (χ0v) is 13.4. The lowest BCUT2D eigenvalue weighted by Gasteiger charge is -2.15. The molecule has 1 aromatic rings. The molecule has 0 fully saturated rings. The van der Waals surface area contributed by atoms with E-state index in [0.717, 1.165) is 17.3 Å². The van der Waals surface area contributed by atoms with Gasteiger partial charge in [0.05, 0.1) is 28.1 Å². The van der Waals surface area contributed by atoms with Gasteiger partial charge in [-0.2, -0.15) is 5.26 Å². The van der Waals surface area contributed by atoms with Gasteiger partial charge >= 0.3 is 0 Å². The molecule has 1 rings (SSSR count). The average molecular weight is 351 g/mol. The summed E-state index contributed by atoms with van der Waals surface area (Å²) in [4.78, 5) is 0. The highest BCUT2D eigenvalue weighted by Crippen LogP contribution is 2.34. The molecular formula is C13H14BrCl2NO. The van der Waals surface area contributed by atoms with Gasteiger partial charge in [0.1, 0.15) is 5.75 Å². The first kappa shape index (κ1) is 15.6. The van der Waals surface area contributed by atoms with Crippen LogP contribution in [0.25, 0.3) is 0 Å². The predicted octanol–water partition coefficient (Wildman–Crippen LogP) is 5.46. The van der Waals surface area contributed by atoms with E-state index in [-0.39, 0.29) is 5.41 Å². The maximum atomic E-state index is 8.89. The van der Waals surface area contributed by atoms with Gasteiger partial charge in [0.25, 0.3) is 0 Å². The van der Waals surface area contributed by atoms with E-state index in [0.29, 0.717) is 22.4 Å². The minimum absolute atomic E-state index is 0.315. The van der Waals surface area contributed by atoms with Gasteiger partial charge in [-0.3, -0.25) is 0 Å². The fourth-order valence-electron chi connectivity index (χ4n) is 1.37. The number of benzene rings is 1. The molecule has 0 aromatic heterocycles. The minimum Gasteiger partial charge on any atom is -0.492 e. The molecule has 0 aliphatic rings. The number of nitrogens with zero attached hydrogens (tertiary/aromatic N) is 1. The van der Waals surface area contributed by atoms with Crippen LogP contribution in [0.5, 0.6) is 5.75 Å². The molecule has 5 heteroatoms. The SMILES string of the molecule is CC(C)(C#N)CCCOc1cc(Cl)c(Br)cc1Cl. The summed E-state index contributed by atoms with van der Waals surface area (Å²) in [7, 11) is 0. The Morgan fingerprint density at radius 1 is 1.33 bits per heavy atom.